The van der Waals surface area contributed by atoms with Crippen molar-refractivity contribution < 1.29 is 9.47 Å². The highest BCUT2D eigenvalue weighted by Gasteiger charge is 2.09. The second kappa shape index (κ2) is 7.62. The Morgan fingerprint density at radius 2 is 2.00 bits per heavy atom. The summed E-state index contributed by atoms with van der Waals surface area (Å²) in [6.45, 7) is 0. The minimum Gasteiger partial charge on any atom is -0.493 e. The molecule has 0 aliphatic rings. The third kappa shape index (κ3) is 3.97. The van der Waals surface area contributed by atoms with Gasteiger partial charge in [-0.2, -0.15) is 0 Å². The maximum Gasteiger partial charge on any atom is 0.160 e. The van der Waals surface area contributed by atoms with Crippen LogP contribution < -0.4 is 14.8 Å². The Balaban J connectivity index is 2.74. The van der Waals surface area contributed by atoms with Crippen molar-refractivity contribution in [3.63, 3.8) is 0 Å². The Kier molecular flexibility index (Phi) is 6.10. The zero-order chi connectivity index (χ0) is 13.4. The molecule has 1 N–H and O–H groups in total. The van der Waals surface area contributed by atoms with Gasteiger partial charge >= 0.3 is 0 Å². The van der Waals surface area contributed by atoms with E-state index in [0.29, 0.717) is 6.04 Å². The average Bonchev–Trinajstić information content (AvgIpc) is 2.43. The molecule has 0 fully saturated rings. The van der Waals surface area contributed by atoms with Crippen LogP contribution in [-0.2, 0) is 6.42 Å². The molecule has 0 spiro atoms. The van der Waals surface area contributed by atoms with Gasteiger partial charge in [0.15, 0.2) is 11.5 Å². The molecule has 0 saturated heterocycles. The molecular weight excluding hydrogens is 226 g/mol. The fourth-order valence-electron chi connectivity index (χ4n) is 1.90. The molecule has 98 valence electrons. The van der Waals surface area contributed by atoms with Crippen LogP contribution in [0.1, 0.15) is 18.4 Å². The number of terminal acetylenes is 1. The fourth-order valence-corrected chi connectivity index (χ4v) is 1.90. The van der Waals surface area contributed by atoms with E-state index in [1.807, 2.05) is 19.2 Å². The summed E-state index contributed by atoms with van der Waals surface area (Å²) in [5.41, 5.74) is 1.21. The normalized spacial score (nSPS) is 11.7. The SMILES string of the molecule is C#CCCC(Cc1ccc(OC)c(OC)c1)NC. The molecule has 18 heavy (non-hydrogen) atoms. The Labute approximate surface area is 109 Å². The summed E-state index contributed by atoms with van der Waals surface area (Å²) in [6, 6.07) is 6.39. The number of nitrogens with one attached hydrogen (secondary N) is 1. The zero-order valence-electron chi connectivity index (χ0n) is 11.3. The number of likely N-dealkylation sites (N-methyl/N-ethyl adjacent to an activating group) is 1. The van der Waals surface area contributed by atoms with Gasteiger partial charge in [0.2, 0.25) is 0 Å². The van der Waals surface area contributed by atoms with Crippen molar-refractivity contribution in [2.75, 3.05) is 21.3 Å². The molecule has 3 heteroatoms. The molecule has 0 radical (unpaired) electrons. The summed E-state index contributed by atoms with van der Waals surface area (Å²) in [7, 11) is 5.25. The van der Waals surface area contributed by atoms with Crippen LogP contribution in [0.3, 0.4) is 0 Å². The van der Waals surface area contributed by atoms with Crippen LogP contribution in [0, 0.1) is 12.3 Å². The Hall–Kier alpha value is -1.66. The molecule has 1 aromatic rings. The van der Waals surface area contributed by atoms with Gasteiger partial charge in [0.1, 0.15) is 0 Å². The lowest BCUT2D eigenvalue weighted by Gasteiger charge is -2.16. The molecule has 0 heterocycles. The maximum atomic E-state index is 5.30. The maximum absolute atomic E-state index is 5.30. The zero-order valence-corrected chi connectivity index (χ0v) is 11.3. The monoisotopic (exact) mass is 247 g/mol. The number of hydrogen-bond donors (Lipinski definition) is 1. The smallest absolute Gasteiger partial charge is 0.160 e. The molecule has 1 rings (SSSR count). The van der Waals surface area contributed by atoms with Gasteiger partial charge in [-0.25, -0.2) is 0 Å². The van der Waals surface area contributed by atoms with E-state index in [9.17, 15) is 0 Å². The number of rotatable bonds is 7. The number of benzene rings is 1. The highest BCUT2D eigenvalue weighted by Crippen LogP contribution is 2.28. The van der Waals surface area contributed by atoms with Crippen LogP contribution in [0.5, 0.6) is 11.5 Å². The van der Waals surface area contributed by atoms with E-state index in [-0.39, 0.29) is 0 Å². The van der Waals surface area contributed by atoms with E-state index in [0.717, 1.165) is 30.8 Å². The van der Waals surface area contributed by atoms with Crippen LogP contribution in [0.2, 0.25) is 0 Å². The predicted octanol–water partition coefficient (Wildman–Crippen LogP) is 2.25. The summed E-state index contributed by atoms with van der Waals surface area (Å²) in [4.78, 5) is 0. The van der Waals surface area contributed by atoms with Crippen LogP contribution in [0.4, 0.5) is 0 Å². The minimum atomic E-state index is 0.388. The van der Waals surface area contributed by atoms with E-state index in [4.69, 9.17) is 15.9 Å². The number of methoxy groups -OCH3 is 2. The molecule has 1 unspecified atom stereocenters. The predicted molar refractivity (Wildman–Crippen MR) is 74.2 cm³/mol. The minimum absolute atomic E-state index is 0.388. The lowest BCUT2D eigenvalue weighted by atomic mass is 10.0. The summed E-state index contributed by atoms with van der Waals surface area (Å²) in [5, 5.41) is 3.28. The van der Waals surface area contributed by atoms with Gasteiger partial charge in [-0.1, -0.05) is 6.07 Å². The topological polar surface area (TPSA) is 30.5 Å². The molecule has 0 amide bonds. The highest BCUT2D eigenvalue weighted by atomic mass is 16.5. The molecule has 0 aliphatic heterocycles. The standard InChI is InChI=1S/C15H21NO2/c1-5-6-7-13(16-2)10-12-8-9-14(17-3)15(11-12)18-4/h1,8-9,11,13,16H,6-7,10H2,2-4H3. The molecule has 0 bridgehead atoms. The molecular formula is C15H21NO2. The van der Waals surface area contributed by atoms with Crippen LogP contribution >= 0.6 is 0 Å². The second-order valence-corrected chi connectivity index (χ2v) is 4.12. The van der Waals surface area contributed by atoms with E-state index in [2.05, 4.69) is 17.3 Å². The Morgan fingerprint density at radius 3 is 2.56 bits per heavy atom. The van der Waals surface area contributed by atoms with E-state index < -0.39 is 0 Å². The molecule has 0 aliphatic carbocycles. The summed E-state index contributed by atoms with van der Waals surface area (Å²) in [5.74, 6) is 4.20. The lowest BCUT2D eigenvalue weighted by Crippen LogP contribution is -2.27. The summed E-state index contributed by atoms with van der Waals surface area (Å²) < 4.78 is 10.5. The van der Waals surface area contributed by atoms with Crippen molar-refractivity contribution in [3.8, 4) is 23.8 Å². The Bertz CT molecular complexity index is 409. The third-order valence-electron chi connectivity index (χ3n) is 2.98. The first-order chi connectivity index (χ1) is 8.74. The van der Waals surface area contributed by atoms with Gasteiger partial charge in [0.25, 0.3) is 0 Å². The van der Waals surface area contributed by atoms with E-state index in [1.165, 1.54) is 5.56 Å². The first-order valence-corrected chi connectivity index (χ1v) is 6.06. The highest BCUT2D eigenvalue weighted by molar-refractivity contribution is 5.43. The molecule has 1 atom stereocenters. The van der Waals surface area contributed by atoms with Gasteiger partial charge < -0.3 is 14.8 Å². The van der Waals surface area contributed by atoms with Gasteiger partial charge in [0, 0.05) is 12.5 Å². The molecule has 1 aromatic carbocycles. The Morgan fingerprint density at radius 1 is 1.28 bits per heavy atom. The summed E-state index contributed by atoms with van der Waals surface area (Å²) >= 11 is 0. The quantitative estimate of drug-likeness (QED) is 0.750. The first-order valence-electron chi connectivity index (χ1n) is 6.06. The van der Waals surface area contributed by atoms with Crippen LogP contribution in [0.25, 0.3) is 0 Å². The molecule has 0 saturated carbocycles. The lowest BCUT2D eigenvalue weighted by molar-refractivity contribution is 0.354. The van der Waals surface area contributed by atoms with E-state index in [1.54, 1.807) is 14.2 Å². The van der Waals surface area contributed by atoms with Gasteiger partial charge in [-0.15, -0.1) is 12.3 Å². The number of ether oxygens (including phenoxy) is 2. The van der Waals surface area contributed by atoms with Gasteiger partial charge in [-0.05, 0) is 37.6 Å². The first kappa shape index (κ1) is 14.4. The number of hydrogen-bond acceptors (Lipinski definition) is 3. The van der Waals surface area contributed by atoms with Gasteiger partial charge in [-0.3, -0.25) is 0 Å². The van der Waals surface area contributed by atoms with Crippen LogP contribution in [-0.4, -0.2) is 27.3 Å². The third-order valence-corrected chi connectivity index (χ3v) is 2.98. The summed E-state index contributed by atoms with van der Waals surface area (Å²) in [6.07, 6.45) is 7.99. The second-order valence-electron chi connectivity index (χ2n) is 4.12. The molecule has 0 aromatic heterocycles. The van der Waals surface area contributed by atoms with Crippen molar-refractivity contribution in [1.29, 1.82) is 0 Å². The molecule has 3 nitrogen and oxygen atoms in total. The average molecular weight is 247 g/mol. The fraction of sp³-hybridized carbons (Fsp3) is 0.467. The van der Waals surface area contributed by atoms with E-state index >= 15 is 0 Å². The van der Waals surface area contributed by atoms with Crippen molar-refractivity contribution >= 4 is 0 Å². The van der Waals surface area contributed by atoms with Crippen molar-refractivity contribution in [2.45, 2.75) is 25.3 Å². The van der Waals surface area contributed by atoms with Crippen molar-refractivity contribution in [1.82, 2.24) is 5.32 Å². The largest absolute Gasteiger partial charge is 0.493 e. The van der Waals surface area contributed by atoms with Gasteiger partial charge in [0.05, 0.1) is 14.2 Å². The van der Waals surface area contributed by atoms with Crippen molar-refractivity contribution in [3.05, 3.63) is 23.8 Å². The van der Waals surface area contributed by atoms with Crippen molar-refractivity contribution in [2.24, 2.45) is 0 Å². The van der Waals surface area contributed by atoms with Crippen LogP contribution in [0.15, 0.2) is 18.2 Å².